The molecule has 1 nitrogen and oxygen atoms in total. The van der Waals surface area contributed by atoms with Crippen molar-refractivity contribution in [3.05, 3.63) is 29.6 Å². The number of rotatable bonds is 2. The van der Waals surface area contributed by atoms with Crippen molar-refractivity contribution in [1.29, 1.82) is 0 Å². The number of hydrogen-bond acceptors (Lipinski definition) is 1. The fraction of sp³-hybridized carbons (Fsp3) is 0.400. The van der Waals surface area contributed by atoms with Crippen molar-refractivity contribution in [2.75, 3.05) is 12.4 Å². The van der Waals surface area contributed by atoms with E-state index < -0.39 is 0 Å². The first kappa shape index (κ1) is 9.04. The van der Waals surface area contributed by atoms with Crippen LogP contribution < -0.4 is 5.32 Å². The molecule has 0 fully saturated rings. The van der Waals surface area contributed by atoms with E-state index in [2.05, 4.69) is 19.2 Å². The Morgan fingerprint density at radius 1 is 1.33 bits per heavy atom. The number of hydrogen-bond donors (Lipinski definition) is 1. The Kier molecular flexibility index (Phi) is 2.69. The summed E-state index contributed by atoms with van der Waals surface area (Å²) in [6, 6.07) is 5.16. The predicted octanol–water partition coefficient (Wildman–Crippen LogP) is 2.99. The van der Waals surface area contributed by atoms with E-state index in [1.807, 2.05) is 6.07 Å². The number of anilines is 1. The van der Waals surface area contributed by atoms with Crippen molar-refractivity contribution in [1.82, 2.24) is 0 Å². The average molecular weight is 167 g/mol. The zero-order valence-electron chi connectivity index (χ0n) is 7.69. The fourth-order valence-corrected chi connectivity index (χ4v) is 1.29. The molecule has 0 aliphatic heterocycles. The quantitative estimate of drug-likeness (QED) is 0.714. The van der Waals surface area contributed by atoms with E-state index in [1.165, 1.54) is 6.07 Å². The lowest BCUT2D eigenvalue weighted by Crippen LogP contribution is -1.99. The van der Waals surface area contributed by atoms with Gasteiger partial charge < -0.3 is 5.32 Å². The summed E-state index contributed by atoms with van der Waals surface area (Å²) in [5.74, 6) is 0.173. The van der Waals surface area contributed by atoms with Crippen LogP contribution in [-0.2, 0) is 0 Å². The second kappa shape index (κ2) is 3.57. The van der Waals surface area contributed by atoms with Crippen LogP contribution in [0.1, 0.15) is 25.3 Å². The molecule has 12 heavy (non-hydrogen) atoms. The first-order valence-electron chi connectivity index (χ1n) is 4.13. The number of halogens is 1. The van der Waals surface area contributed by atoms with Gasteiger partial charge >= 0.3 is 0 Å². The van der Waals surface area contributed by atoms with Crippen molar-refractivity contribution in [2.45, 2.75) is 19.8 Å². The Morgan fingerprint density at radius 3 is 2.42 bits per heavy atom. The molecular weight excluding hydrogens is 153 g/mol. The molecule has 0 saturated carbocycles. The highest BCUT2D eigenvalue weighted by atomic mass is 19.1. The molecule has 2 heteroatoms. The van der Waals surface area contributed by atoms with E-state index in [0.717, 1.165) is 5.56 Å². The normalized spacial score (nSPS) is 10.4. The van der Waals surface area contributed by atoms with Crippen molar-refractivity contribution in [3.8, 4) is 0 Å². The Morgan fingerprint density at radius 2 is 2.00 bits per heavy atom. The maximum Gasteiger partial charge on any atom is 0.146 e. The Hall–Kier alpha value is -1.05. The highest BCUT2D eigenvalue weighted by Crippen LogP contribution is 2.25. The van der Waals surface area contributed by atoms with Gasteiger partial charge in [0.25, 0.3) is 0 Å². The molecule has 0 aliphatic carbocycles. The molecule has 0 heterocycles. The molecule has 1 rings (SSSR count). The Bertz CT molecular complexity index is 269. The summed E-state index contributed by atoms with van der Waals surface area (Å²) in [5.41, 5.74) is 1.64. The molecular formula is C10H14FN. The second-order valence-electron chi connectivity index (χ2n) is 3.11. The molecule has 66 valence electrons. The third-order valence-electron chi connectivity index (χ3n) is 1.92. The first-order chi connectivity index (χ1) is 5.66. The first-order valence-corrected chi connectivity index (χ1v) is 4.13. The van der Waals surface area contributed by atoms with Crippen LogP contribution in [0.25, 0.3) is 0 Å². The smallest absolute Gasteiger partial charge is 0.146 e. The summed E-state index contributed by atoms with van der Waals surface area (Å²) in [6.45, 7) is 4.10. The minimum absolute atomic E-state index is 0.177. The lowest BCUT2D eigenvalue weighted by atomic mass is 10.0. The summed E-state index contributed by atoms with van der Waals surface area (Å²) >= 11 is 0. The molecule has 1 aromatic rings. The van der Waals surface area contributed by atoms with Crippen molar-refractivity contribution >= 4 is 5.69 Å². The molecule has 0 amide bonds. The number of para-hydroxylation sites is 1. The molecule has 0 saturated heterocycles. The van der Waals surface area contributed by atoms with Crippen LogP contribution in [0.5, 0.6) is 0 Å². The van der Waals surface area contributed by atoms with E-state index >= 15 is 0 Å². The van der Waals surface area contributed by atoms with Gasteiger partial charge in [0.1, 0.15) is 5.82 Å². The van der Waals surface area contributed by atoms with Gasteiger partial charge in [-0.25, -0.2) is 4.39 Å². The number of benzene rings is 1. The molecule has 0 unspecified atom stereocenters. The fourth-order valence-electron chi connectivity index (χ4n) is 1.29. The highest BCUT2D eigenvalue weighted by Gasteiger charge is 2.08. The summed E-state index contributed by atoms with van der Waals surface area (Å²) in [4.78, 5) is 0. The minimum atomic E-state index is -0.177. The van der Waals surface area contributed by atoms with Crippen LogP contribution >= 0.6 is 0 Å². The van der Waals surface area contributed by atoms with Crippen molar-refractivity contribution in [3.63, 3.8) is 0 Å². The van der Waals surface area contributed by atoms with Gasteiger partial charge in [-0.05, 0) is 17.5 Å². The van der Waals surface area contributed by atoms with Crippen LogP contribution in [0, 0.1) is 5.82 Å². The Balaban J connectivity index is 3.18. The maximum absolute atomic E-state index is 13.1. The molecule has 1 N–H and O–H groups in total. The van der Waals surface area contributed by atoms with Crippen LogP contribution in [0.15, 0.2) is 18.2 Å². The molecule has 0 aromatic heterocycles. The second-order valence-corrected chi connectivity index (χ2v) is 3.11. The van der Waals surface area contributed by atoms with E-state index in [1.54, 1.807) is 13.1 Å². The predicted molar refractivity (Wildman–Crippen MR) is 50.0 cm³/mol. The van der Waals surface area contributed by atoms with Gasteiger partial charge in [0.2, 0.25) is 0 Å². The molecule has 0 spiro atoms. The lowest BCUT2D eigenvalue weighted by molar-refractivity contribution is 0.627. The SMILES string of the molecule is CNc1c(F)cccc1C(C)C. The van der Waals surface area contributed by atoms with E-state index in [0.29, 0.717) is 11.6 Å². The van der Waals surface area contributed by atoms with Gasteiger partial charge in [0.15, 0.2) is 0 Å². The maximum atomic E-state index is 13.1. The van der Waals surface area contributed by atoms with Gasteiger partial charge in [0, 0.05) is 7.05 Å². The monoisotopic (exact) mass is 167 g/mol. The van der Waals surface area contributed by atoms with Crippen LogP contribution in [-0.4, -0.2) is 7.05 Å². The zero-order valence-corrected chi connectivity index (χ0v) is 7.69. The average Bonchev–Trinajstić information content (AvgIpc) is 2.03. The van der Waals surface area contributed by atoms with Crippen molar-refractivity contribution < 1.29 is 4.39 Å². The highest BCUT2D eigenvalue weighted by molar-refractivity contribution is 5.53. The van der Waals surface area contributed by atoms with Crippen LogP contribution in [0.3, 0.4) is 0 Å². The largest absolute Gasteiger partial charge is 0.386 e. The Labute approximate surface area is 72.6 Å². The third kappa shape index (κ3) is 1.58. The van der Waals surface area contributed by atoms with E-state index in [-0.39, 0.29) is 5.82 Å². The van der Waals surface area contributed by atoms with Gasteiger partial charge in [-0.3, -0.25) is 0 Å². The molecule has 0 atom stereocenters. The summed E-state index contributed by atoms with van der Waals surface area (Å²) in [7, 11) is 1.74. The van der Waals surface area contributed by atoms with E-state index in [9.17, 15) is 4.39 Å². The molecule has 0 aliphatic rings. The lowest BCUT2D eigenvalue weighted by Gasteiger charge is -2.12. The topological polar surface area (TPSA) is 12.0 Å². The zero-order chi connectivity index (χ0) is 9.14. The van der Waals surface area contributed by atoms with Gasteiger partial charge in [0.05, 0.1) is 5.69 Å². The minimum Gasteiger partial charge on any atom is -0.386 e. The summed E-state index contributed by atoms with van der Waals surface area (Å²) in [5, 5.41) is 2.87. The standard InChI is InChI=1S/C10H14FN/c1-7(2)8-5-4-6-9(11)10(8)12-3/h4-7,12H,1-3H3. The third-order valence-corrected chi connectivity index (χ3v) is 1.92. The van der Waals surface area contributed by atoms with Crippen LogP contribution in [0.2, 0.25) is 0 Å². The van der Waals surface area contributed by atoms with E-state index in [4.69, 9.17) is 0 Å². The molecule has 0 radical (unpaired) electrons. The van der Waals surface area contributed by atoms with Gasteiger partial charge in [-0.2, -0.15) is 0 Å². The van der Waals surface area contributed by atoms with Gasteiger partial charge in [-0.1, -0.05) is 26.0 Å². The summed E-state index contributed by atoms with van der Waals surface area (Å²) < 4.78 is 13.1. The molecule has 0 bridgehead atoms. The number of nitrogens with one attached hydrogen (secondary N) is 1. The van der Waals surface area contributed by atoms with Crippen LogP contribution in [0.4, 0.5) is 10.1 Å². The van der Waals surface area contributed by atoms with Crippen molar-refractivity contribution in [2.24, 2.45) is 0 Å². The molecule has 1 aromatic carbocycles. The summed E-state index contributed by atoms with van der Waals surface area (Å²) in [6.07, 6.45) is 0. The van der Waals surface area contributed by atoms with Gasteiger partial charge in [-0.15, -0.1) is 0 Å².